The van der Waals surface area contributed by atoms with Crippen LogP contribution in [0.3, 0.4) is 0 Å². The van der Waals surface area contributed by atoms with E-state index in [4.69, 9.17) is 0 Å². The van der Waals surface area contributed by atoms with E-state index in [1.54, 1.807) is 0 Å². The topological polar surface area (TPSA) is 29.1 Å². The van der Waals surface area contributed by atoms with Crippen LogP contribution in [0.25, 0.3) is 0 Å². The Balaban J connectivity index is 2.60. The van der Waals surface area contributed by atoms with Crippen LogP contribution in [-0.2, 0) is 4.79 Å². The Morgan fingerprint density at radius 3 is 2.50 bits per heavy atom. The SMILES string of the molecule is O=C1CNC(Br)C(Br)C1Br. The van der Waals surface area contributed by atoms with Crippen LogP contribution in [0.15, 0.2) is 0 Å². The van der Waals surface area contributed by atoms with Crippen LogP contribution in [0.4, 0.5) is 0 Å². The number of ketones is 1. The monoisotopic (exact) mass is 333 g/mol. The van der Waals surface area contributed by atoms with Crippen molar-refractivity contribution in [3.05, 3.63) is 0 Å². The molecular formula is C5H6Br3NO. The van der Waals surface area contributed by atoms with Crippen molar-refractivity contribution in [2.24, 2.45) is 0 Å². The highest BCUT2D eigenvalue weighted by atomic mass is 79.9. The van der Waals surface area contributed by atoms with Crippen molar-refractivity contribution < 1.29 is 4.79 Å². The number of carbonyl (C=O) groups is 1. The van der Waals surface area contributed by atoms with Gasteiger partial charge in [-0.25, -0.2) is 0 Å². The Labute approximate surface area is 84.5 Å². The number of carbonyl (C=O) groups excluding carboxylic acids is 1. The molecule has 0 aromatic rings. The number of piperidine rings is 1. The smallest absolute Gasteiger partial charge is 0.161 e. The van der Waals surface area contributed by atoms with Crippen molar-refractivity contribution >= 4 is 53.6 Å². The van der Waals surface area contributed by atoms with E-state index in [1.165, 1.54) is 0 Å². The second-order valence-corrected chi connectivity index (χ2v) is 5.13. The molecule has 3 unspecified atom stereocenters. The molecule has 1 aliphatic rings. The van der Waals surface area contributed by atoms with Gasteiger partial charge in [-0.05, 0) is 0 Å². The number of hydrogen-bond donors (Lipinski definition) is 1. The first kappa shape index (κ1) is 9.16. The minimum Gasteiger partial charge on any atom is -0.297 e. The predicted molar refractivity (Wildman–Crippen MR) is 51.2 cm³/mol. The molecule has 3 atom stereocenters. The molecule has 0 aromatic heterocycles. The molecule has 0 aromatic carbocycles. The third-order valence-corrected chi connectivity index (χ3v) is 5.79. The lowest BCUT2D eigenvalue weighted by molar-refractivity contribution is -0.118. The van der Waals surface area contributed by atoms with Crippen molar-refractivity contribution in [3.63, 3.8) is 0 Å². The first-order valence-corrected chi connectivity index (χ1v) is 5.56. The highest BCUT2D eigenvalue weighted by Gasteiger charge is 2.33. The Morgan fingerprint density at radius 2 is 2.00 bits per heavy atom. The molecule has 1 aliphatic heterocycles. The van der Waals surface area contributed by atoms with Gasteiger partial charge in [-0.15, -0.1) is 0 Å². The van der Waals surface area contributed by atoms with E-state index in [-0.39, 0.29) is 20.4 Å². The van der Waals surface area contributed by atoms with Crippen LogP contribution < -0.4 is 5.32 Å². The molecule has 2 nitrogen and oxygen atoms in total. The van der Waals surface area contributed by atoms with Crippen molar-refractivity contribution in [1.82, 2.24) is 5.32 Å². The second kappa shape index (κ2) is 3.65. The van der Waals surface area contributed by atoms with Gasteiger partial charge in [-0.2, -0.15) is 0 Å². The van der Waals surface area contributed by atoms with Crippen molar-refractivity contribution in [2.75, 3.05) is 6.54 Å². The van der Waals surface area contributed by atoms with Gasteiger partial charge in [-0.1, -0.05) is 47.8 Å². The average molecular weight is 336 g/mol. The maximum absolute atomic E-state index is 11.0. The zero-order chi connectivity index (χ0) is 7.72. The number of Topliss-reactive ketones (excluding diaryl/α,β-unsaturated/α-hetero) is 1. The predicted octanol–water partition coefficient (Wildman–Crippen LogP) is 1.41. The number of hydrogen-bond acceptors (Lipinski definition) is 2. The van der Waals surface area contributed by atoms with Crippen LogP contribution in [0, 0.1) is 0 Å². The Bertz CT molecular complexity index is 152. The fourth-order valence-corrected chi connectivity index (χ4v) is 2.56. The molecule has 10 heavy (non-hydrogen) atoms. The fourth-order valence-electron chi connectivity index (χ4n) is 0.734. The lowest BCUT2D eigenvalue weighted by Gasteiger charge is -2.27. The van der Waals surface area contributed by atoms with Crippen LogP contribution in [0.2, 0.25) is 0 Å². The zero-order valence-electron chi connectivity index (χ0n) is 4.98. The Morgan fingerprint density at radius 1 is 1.40 bits per heavy atom. The highest BCUT2D eigenvalue weighted by Crippen LogP contribution is 2.24. The largest absolute Gasteiger partial charge is 0.297 e. The Hall–Kier alpha value is 1.07. The molecule has 0 amide bonds. The summed E-state index contributed by atoms with van der Waals surface area (Å²) in [7, 11) is 0. The summed E-state index contributed by atoms with van der Waals surface area (Å²) >= 11 is 10.1. The molecule has 1 N–H and O–H groups in total. The summed E-state index contributed by atoms with van der Waals surface area (Å²) in [6.07, 6.45) is 0. The lowest BCUT2D eigenvalue weighted by atomic mass is 10.1. The van der Waals surface area contributed by atoms with Gasteiger partial charge in [-0.3, -0.25) is 10.1 Å². The highest BCUT2D eigenvalue weighted by molar-refractivity contribution is 9.13. The minimum absolute atomic E-state index is 0.0712. The standard InChI is InChI=1S/C5H6Br3NO/c6-3-2(10)1-9-5(8)4(3)7/h3-5,9H,1H2. The van der Waals surface area contributed by atoms with E-state index < -0.39 is 0 Å². The molecule has 0 spiro atoms. The number of alkyl halides is 3. The fraction of sp³-hybridized carbons (Fsp3) is 0.800. The third-order valence-electron chi connectivity index (χ3n) is 1.34. The maximum Gasteiger partial charge on any atom is 0.161 e. The number of halogens is 3. The number of rotatable bonds is 0. The molecular weight excluding hydrogens is 330 g/mol. The van der Waals surface area contributed by atoms with E-state index in [0.29, 0.717) is 6.54 Å². The van der Waals surface area contributed by atoms with Crippen molar-refractivity contribution in [1.29, 1.82) is 0 Å². The first-order valence-electron chi connectivity index (χ1n) is 2.81. The maximum atomic E-state index is 11.0. The van der Waals surface area contributed by atoms with Gasteiger partial charge in [0.25, 0.3) is 0 Å². The van der Waals surface area contributed by atoms with E-state index in [2.05, 4.69) is 53.1 Å². The average Bonchev–Trinajstić information content (AvgIpc) is 1.93. The van der Waals surface area contributed by atoms with Crippen LogP contribution in [-0.4, -0.2) is 26.9 Å². The number of nitrogens with one attached hydrogen (secondary N) is 1. The van der Waals surface area contributed by atoms with Gasteiger partial charge in [0.1, 0.15) is 0 Å². The van der Waals surface area contributed by atoms with Crippen molar-refractivity contribution in [3.8, 4) is 0 Å². The molecule has 1 fully saturated rings. The van der Waals surface area contributed by atoms with Gasteiger partial charge in [0.15, 0.2) is 5.78 Å². The van der Waals surface area contributed by atoms with Gasteiger partial charge >= 0.3 is 0 Å². The van der Waals surface area contributed by atoms with Crippen LogP contribution in [0.1, 0.15) is 0 Å². The molecule has 0 aliphatic carbocycles. The van der Waals surface area contributed by atoms with E-state index >= 15 is 0 Å². The normalized spacial score (nSPS) is 41.9. The Kier molecular flexibility index (Phi) is 3.34. The van der Waals surface area contributed by atoms with Crippen LogP contribution >= 0.6 is 47.8 Å². The second-order valence-electron chi connectivity index (χ2n) is 2.10. The van der Waals surface area contributed by atoms with E-state index in [0.717, 1.165) is 0 Å². The molecule has 0 radical (unpaired) electrons. The molecule has 1 heterocycles. The summed E-state index contributed by atoms with van der Waals surface area (Å²) in [5.41, 5.74) is 0. The zero-order valence-corrected chi connectivity index (χ0v) is 9.74. The van der Waals surface area contributed by atoms with Gasteiger partial charge in [0.2, 0.25) is 0 Å². The van der Waals surface area contributed by atoms with Gasteiger partial charge in [0, 0.05) is 0 Å². The van der Waals surface area contributed by atoms with Crippen LogP contribution in [0.5, 0.6) is 0 Å². The molecule has 1 saturated heterocycles. The minimum atomic E-state index is -0.0712. The summed E-state index contributed by atoms with van der Waals surface area (Å²) in [6.45, 7) is 0.438. The third kappa shape index (κ3) is 1.81. The van der Waals surface area contributed by atoms with E-state index in [9.17, 15) is 4.79 Å². The summed E-state index contributed by atoms with van der Waals surface area (Å²) < 4.78 is 0. The summed E-state index contributed by atoms with van der Waals surface area (Å²) in [5.74, 6) is 0.192. The van der Waals surface area contributed by atoms with Gasteiger partial charge < -0.3 is 0 Å². The summed E-state index contributed by atoms with van der Waals surface area (Å²) in [6, 6.07) is 0. The van der Waals surface area contributed by atoms with Crippen molar-refractivity contribution in [2.45, 2.75) is 14.6 Å². The molecule has 1 rings (SSSR count). The first-order chi connectivity index (χ1) is 4.63. The van der Waals surface area contributed by atoms with Gasteiger partial charge in [0.05, 0.1) is 21.2 Å². The summed E-state index contributed by atoms with van der Waals surface area (Å²) in [5, 5.41) is 3.00. The van der Waals surface area contributed by atoms with E-state index in [1.807, 2.05) is 0 Å². The molecule has 5 heteroatoms. The lowest BCUT2D eigenvalue weighted by Crippen LogP contribution is -2.49. The molecule has 0 saturated carbocycles. The molecule has 0 bridgehead atoms. The molecule has 58 valence electrons. The quantitative estimate of drug-likeness (QED) is 0.536. The summed E-state index contributed by atoms with van der Waals surface area (Å²) in [4.78, 5) is 11.2.